The molecule has 1 aliphatic rings. The largest absolute Gasteiger partial charge is 0.394 e. The molecule has 5 heteroatoms. The van der Waals surface area contributed by atoms with Gasteiger partial charge in [0, 0.05) is 11.9 Å². The van der Waals surface area contributed by atoms with Gasteiger partial charge in [-0.1, -0.05) is 0 Å². The monoisotopic (exact) mass is 171 g/mol. The Balaban J connectivity index is 2.53. The van der Waals surface area contributed by atoms with Crippen LogP contribution in [-0.4, -0.2) is 49.4 Å². The Kier molecular flexibility index (Phi) is 3.52. The quantitative estimate of drug-likeness (QED) is 0.438. The molecule has 0 aromatic carbocycles. The second-order valence-corrected chi connectivity index (χ2v) is 3.05. The molecule has 1 aliphatic heterocycles. The Morgan fingerprint density at radius 3 is 2.67 bits per heavy atom. The number of aliphatic hydroxyl groups is 2. The van der Waals surface area contributed by atoms with E-state index in [4.69, 9.17) is 23.4 Å². The fourth-order valence-electron chi connectivity index (χ4n) is 1.57. The normalized spacial score (nSPS) is 41.9. The molecule has 0 saturated carbocycles. The van der Waals surface area contributed by atoms with Crippen LogP contribution in [0.25, 0.3) is 0 Å². The highest BCUT2D eigenvalue weighted by Gasteiger charge is 2.39. The van der Waals surface area contributed by atoms with Crippen LogP contribution in [0.1, 0.15) is 6.42 Å². The third-order valence-electron chi connectivity index (χ3n) is 2.26. The lowest BCUT2D eigenvalue weighted by atomic mass is 9.86. The van der Waals surface area contributed by atoms with Gasteiger partial charge in [0.05, 0.1) is 18.8 Å². The SMILES string of the molecule is [B][C@@H]1O[C@H](CO)[C@@H](CCN)[C@H]1O. The van der Waals surface area contributed by atoms with Crippen molar-refractivity contribution in [3.05, 3.63) is 0 Å². The van der Waals surface area contributed by atoms with Crippen molar-refractivity contribution in [1.82, 2.24) is 0 Å². The van der Waals surface area contributed by atoms with Gasteiger partial charge < -0.3 is 20.7 Å². The number of nitrogens with two attached hydrogens (primary N) is 1. The van der Waals surface area contributed by atoms with Gasteiger partial charge in [-0.15, -0.1) is 0 Å². The first-order valence-electron chi connectivity index (χ1n) is 4.10. The van der Waals surface area contributed by atoms with Gasteiger partial charge in [0.25, 0.3) is 0 Å². The number of rotatable bonds is 3. The van der Waals surface area contributed by atoms with Crippen LogP contribution in [0.15, 0.2) is 0 Å². The van der Waals surface area contributed by atoms with Crippen molar-refractivity contribution < 1.29 is 14.9 Å². The average molecular weight is 171 g/mol. The molecule has 68 valence electrons. The first-order chi connectivity index (χ1) is 5.70. The Labute approximate surface area is 73.1 Å². The van der Waals surface area contributed by atoms with E-state index in [0.717, 1.165) is 0 Å². The van der Waals surface area contributed by atoms with Crippen LogP contribution < -0.4 is 5.73 Å². The van der Waals surface area contributed by atoms with E-state index in [9.17, 15) is 5.11 Å². The maximum Gasteiger partial charge on any atom is 0.112 e. The minimum atomic E-state index is -0.703. The van der Waals surface area contributed by atoms with E-state index in [1.54, 1.807) is 0 Å². The van der Waals surface area contributed by atoms with Gasteiger partial charge in [0.1, 0.15) is 7.85 Å². The predicted molar refractivity (Wildman–Crippen MR) is 44.7 cm³/mol. The van der Waals surface area contributed by atoms with Crippen LogP contribution in [0, 0.1) is 5.92 Å². The molecule has 12 heavy (non-hydrogen) atoms. The van der Waals surface area contributed by atoms with E-state index >= 15 is 0 Å². The van der Waals surface area contributed by atoms with Crippen LogP contribution in [-0.2, 0) is 4.74 Å². The number of ether oxygens (including phenoxy) is 1. The summed E-state index contributed by atoms with van der Waals surface area (Å²) >= 11 is 0. The molecule has 1 saturated heterocycles. The second kappa shape index (κ2) is 4.23. The lowest BCUT2D eigenvalue weighted by Crippen LogP contribution is -2.30. The summed E-state index contributed by atoms with van der Waals surface area (Å²) in [4.78, 5) is 0. The van der Waals surface area contributed by atoms with Crippen molar-refractivity contribution in [3.8, 4) is 0 Å². The lowest BCUT2D eigenvalue weighted by molar-refractivity contribution is 0.0232. The number of hydrogen-bond donors (Lipinski definition) is 3. The zero-order valence-electron chi connectivity index (χ0n) is 6.89. The van der Waals surface area contributed by atoms with Gasteiger partial charge in [0.2, 0.25) is 0 Å². The minimum absolute atomic E-state index is 0.116. The molecule has 0 bridgehead atoms. The summed E-state index contributed by atoms with van der Waals surface area (Å²) < 4.78 is 5.11. The molecule has 0 spiro atoms. The molecule has 0 aromatic rings. The molecule has 4 atom stereocenters. The van der Waals surface area contributed by atoms with Crippen molar-refractivity contribution in [3.63, 3.8) is 0 Å². The van der Waals surface area contributed by atoms with Gasteiger partial charge in [-0.25, -0.2) is 0 Å². The van der Waals surface area contributed by atoms with Crippen LogP contribution in [0.3, 0.4) is 0 Å². The Morgan fingerprint density at radius 1 is 1.50 bits per heavy atom. The summed E-state index contributed by atoms with van der Waals surface area (Å²) in [6, 6.07) is -0.682. The van der Waals surface area contributed by atoms with E-state index in [1.165, 1.54) is 0 Å². The Morgan fingerprint density at radius 2 is 2.17 bits per heavy atom. The third-order valence-corrected chi connectivity index (χ3v) is 2.26. The number of aliphatic hydroxyl groups excluding tert-OH is 2. The minimum Gasteiger partial charge on any atom is -0.394 e. The molecule has 0 aromatic heterocycles. The van der Waals surface area contributed by atoms with Crippen LogP contribution in [0.5, 0.6) is 0 Å². The molecular formula is C7H14BNO3. The standard InChI is InChI=1S/C7H14BNO3/c8-7-6(11)4(1-2-9)5(3-10)12-7/h4-7,10-11H,1-3,9H2/t4-,5-,6-,7-/m1/s1. The fraction of sp³-hybridized carbons (Fsp3) is 1.00. The second-order valence-electron chi connectivity index (χ2n) is 3.05. The topological polar surface area (TPSA) is 75.7 Å². The molecule has 1 rings (SSSR count). The highest BCUT2D eigenvalue weighted by molar-refractivity contribution is 6.11. The number of hydrogen-bond acceptors (Lipinski definition) is 4. The van der Waals surface area contributed by atoms with E-state index in [0.29, 0.717) is 13.0 Å². The zero-order valence-corrected chi connectivity index (χ0v) is 6.89. The molecular weight excluding hydrogens is 157 g/mol. The maximum atomic E-state index is 9.47. The predicted octanol–water partition coefficient (Wildman–Crippen LogP) is -1.80. The summed E-state index contributed by atoms with van der Waals surface area (Å²) in [5.41, 5.74) is 5.34. The highest BCUT2D eigenvalue weighted by Crippen LogP contribution is 2.27. The molecule has 0 unspecified atom stereocenters. The van der Waals surface area contributed by atoms with E-state index in [-0.39, 0.29) is 18.6 Å². The Hall–Kier alpha value is -0.0951. The molecule has 1 fully saturated rings. The molecule has 0 aliphatic carbocycles. The highest BCUT2D eigenvalue weighted by atomic mass is 16.5. The van der Waals surface area contributed by atoms with Crippen molar-refractivity contribution in [2.24, 2.45) is 11.7 Å². The zero-order chi connectivity index (χ0) is 9.14. The first kappa shape index (κ1) is 9.99. The van der Waals surface area contributed by atoms with E-state index in [1.807, 2.05) is 0 Å². The third kappa shape index (κ3) is 1.80. The van der Waals surface area contributed by atoms with Crippen molar-refractivity contribution in [1.29, 1.82) is 0 Å². The smallest absolute Gasteiger partial charge is 0.112 e. The van der Waals surface area contributed by atoms with E-state index < -0.39 is 12.1 Å². The maximum absolute atomic E-state index is 9.47. The van der Waals surface area contributed by atoms with Gasteiger partial charge in [-0.2, -0.15) is 0 Å². The molecule has 0 amide bonds. The van der Waals surface area contributed by atoms with Crippen molar-refractivity contribution in [2.45, 2.75) is 24.6 Å². The molecule has 1 heterocycles. The van der Waals surface area contributed by atoms with Crippen molar-refractivity contribution >= 4 is 7.85 Å². The molecule has 4 N–H and O–H groups in total. The van der Waals surface area contributed by atoms with Crippen LogP contribution >= 0.6 is 0 Å². The Bertz CT molecular complexity index is 147. The van der Waals surface area contributed by atoms with Crippen LogP contribution in [0.4, 0.5) is 0 Å². The fourth-order valence-corrected chi connectivity index (χ4v) is 1.57. The molecule has 2 radical (unpaired) electrons. The summed E-state index contributed by atoms with van der Waals surface area (Å²) in [5, 5.41) is 18.3. The summed E-state index contributed by atoms with van der Waals surface area (Å²) in [5.74, 6) is -0.130. The van der Waals surface area contributed by atoms with Gasteiger partial charge in [-0.05, 0) is 13.0 Å². The lowest BCUT2D eigenvalue weighted by Gasteiger charge is -2.17. The van der Waals surface area contributed by atoms with Gasteiger partial charge in [-0.3, -0.25) is 0 Å². The van der Waals surface area contributed by atoms with Gasteiger partial charge in [0.15, 0.2) is 0 Å². The van der Waals surface area contributed by atoms with Gasteiger partial charge >= 0.3 is 0 Å². The summed E-state index contributed by atoms with van der Waals surface area (Å²) in [6.07, 6.45) is -0.440. The van der Waals surface area contributed by atoms with Crippen LogP contribution in [0.2, 0.25) is 0 Å². The van der Waals surface area contributed by atoms with Crippen molar-refractivity contribution in [2.75, 3.05) is 13.2 Å². The van der Waals surface area contributed by atoms with E-state index in [2.05, 4.69) is 0 Å². The summed E-state index contributed by atoms with van der Waals surface area (Å²) in [7, 11) is 5.44. The summed E-state index contributed by atoms with van der Waals surface area (Å²) in [6.45, 7) is 0.351. The average Bonchev–Trinajstić information content (AvgIpc) is 2.33. The molecule has 4 nitrogen and oxygen atoms in total. The first-order valence-corrected chi connectivity index (χ1v) is 4.10.